The number of aromatic amines is 1. The Bertz CT molecular complexity index is 595. The summed E-state index contributed by atoms with van der Waals surface area (Å²) >= 11 is 0. The van der Waals surface area contributed by atoms with Crippen molar-refractivity contribution in [3.63, 3.8) is 0 Å². The van der Waals surface area contributed by atoms with Gasteiger partial charge in [-0.25, -0.2) is 4.79 Å². The number of halogens is 2. The molecule has 0 fully saturated rings. The molecule has 1 aromatic heterocycles. The maximum atomic E-state index is 13.8. The Morgan fingerprint density at radius 2 is 2.21 bits per heavy atom. The Morgan fingerprint density at radius 1 is 1.47 bits per heavy atom. The Hall–Kier alpha value is -1.95. The maximum Gasteiger partial charge on any atom is 0.379 e. The number of esters is 1. The van der Waals surface area contributed by atoms with Crippen LogP contribution in [0.25, 0.3) is 10.9 Å². The first-order valence-electron chi connectivity index (χ1n) is 5.84. The lowest BCUT2D eigenvalue weighted by Gasteiger charge is -2.21. The van der Waals surface area contributed by atoms with Crippen molar-refractivity contribution < 1.29 is 18.3 Å². The lowest BCUT2D eigenvalue weighted by atomic mass is 10.00. The van der Waals surface area contributed by atoms with E-state index < -0.39 is 17.9 Å². The van der Waals surface area contributed by atoms with Gasteiger partial charge in [0, 0.05) is 11.7 Å². The van der Waals surface area contributed by atoms with Gasteiger partial charge in [-0.2, -0.15) is 8.78 Å². The van der Waals surface area contributed by atoms with Crippen LogP contribution in [0, 0.1) is 0 Å². The van der Waals surface area contributed by atoms with Crippen molar-refractivity contribution in [2.45, 2.75) is 18.9 Å². The van der Waals surface area contributed by atoms with Gasteiger partial charge in [0.15, 0.2) is 0 Å². The fraction of sp³-hybridized carbons (Fsp3) is 0.308. The number of nitrogens with one attached hydrogen (secondary N) is 1. The molecule has 4 nitrogen and oxygen atoms in total. The van der Waals surface area contributed by atoms with Crippen molar-refractivity contribution in [3.8, 4) is 0 Å². The molecule has 2 rings (SSSR count). The van der Waals surface area contributed by atoms with Crippen LogP contribution in [-0.4, -0.2) is 23.5 Å². The second-order valence-corrected chi connectivity index (χ2v) is 4.15. The van der Waals surface area contributed by atoms with E-state index in [2.05, 4.69) is 9.72 Å². The first-order chi connectivity index (χ1) is 8.96. The topological polar surface area (TPSA) is 68.1 Å². The van der Waals surface area contributed by atoms with Crippen LogP contribution in [0.15, 0.2) is 30.5 Å². The van der Waals surface area contributed by atoms with Crippen LogP contribution < -0.4 is 5.73 Å². The van der Waals surface area contributed by atoms with E-state index in [1.165, 1.54) is 19.1 Å². The van der Waals surface area contributed by atoms with E-state index in [4.69, 9.17) is 5.73 Å². The number of benzene rings is 1. The summed E-state index contributed by atoms with van der Waals surface area (Å²) in [7, 11) is 0. The number of carbonyl (C=O) groups excluding carboxylic acids is 1. The SMILES string of the molecule is CCOC(=O)C(F)(F)[C@H](N)c1ccc2[nH]ccc2c1. The minimum absolute atomic E-state index is 0.113. The molecule has 0 aliphatic heterocycles. The minimum Gasteiger partial charge on any atom is -0.462 e. The molecule has 0 saturated carbocycles. The van der Waals surface area contributed by atoms with E-state index in [9.17, 15) is 13.6 Å². The number of carbonyl (C=O) groups is 1. The normalized spacial score (nSPS) is 13.5. The van der Waals surface area contributed by atoms with Crippen molar-refractivity contribution in [1.82, 2.24) is 4.98 Å². The lowest BCUT2D eigenvalue weighted by Crippen LogP contribution is -2.41. The molecule has 0 amide bonds. The van der Waals surface area contributed by atoms with Crippen LogP contribution in [0.1, 0.15) is 18.5 Å². The molecule has 19 heavy (non-hydrogen) atoms. The third kappa shape index (κ3) is 2.44. The number of hydrogen-bond acceptors (Lipinski definition) is 3. The van der Waals surface area contributed by atoms with Crippen molar-refractivity contribution in [2.24, 2.45) is 5.73 Å². The molecule has 0 saturated heterocycles. The molecule has 0 aliphatic carbocycles. The molecule has 0 aliphatic rings. The van der Waals surface area contributed by atoms with Crippen LogP contribution >= 0.6 is 0 Å². The van der Waals surface area contributed by atoms with E-state index in [-0.39, 0.29) is 12.2 Å². The van der Waals surface area contributed by atoms with Crippen molar-refractivity contribution >= 4 is 16.9 Å². The predicted molar refractivity (Wildman–Crippen MR) is 66.8 cm³/mol. The maximum absolute atomic E-state index is 13.8. The number of hydrogen-bond donors (Lipinski definition) is 2. The fourth-order valence-corrected chi connectivity index (χ4v) is 1.83. The number of rotatable bonds is 4. The van der Waals surface area contributed by atoms with E-state index in [1.54, 1.807) is 18.3 Å². The van der Waals surface area contributed by atoms with Gasteiger partial charge in [-0.15, -0.1) is 0 Å². The average molecular weight is 268 g/mol. The number of aromatic nitrogens is 1. The predicted octanol–water partition coefficient (Wildman–Crippen LogP) is 2.37. The standard InChI is InChI=1S/C13H14F2N2O2/c1-2-19-12(18)13(14,15)11(16)9-3-4-10-8(7-9)5-6-17-10/h3-7,11,17H,2,16H2,1H3/t11-/m1/s1. The van der Waals surface area contributed by atoms with Gasteiger partial charge in [-0.1, -0.05) is 6.07 Å². The molecular formula is C13H14F2N2O2. The van der Waals surface area contributed by atoms with Gasteiger partial charge in [-0.3, -0.25) is 0 Å². The van der Waals surface area contributed by atoms with Gasteiger partial charge in [0.05, 0.1) is 6.61 Å². The molecule has 1 atom stereocenters. The third-order valence-electron chi connectivity index (χ3n) is 2.87. The zero-order valence-electron chi connectivity index (χ0n) is 10.3. The van der Waals surface area contributed by atoms with E-state index in [0.717, 1.165) is 10.9 Å². The molecule has 0 bridgehead atoms. The van der Waals surface area contributed by atoms with Crippen LogP contribution in [0.4, 0.5) is 8.78 Å². The van der Waals surface area contributed by atoms with Crippen molar-refractivity contribution in [2.75, 3.05) is 6.61 Å². The molecule has 3 N–H and O–H groups in total. The monoisotopic (exact) mass is 268 g/mol. The van der Waals surface area contributed by atoms with Crippen LogP contribution in [0.2, 0.25) is 0 Å². The van der Waals surface area contributed by atoms with Gasteiger partial charge in [0.2, 0.25) is 0 Å². The summed E-state index contributed by atoms with van der Waals surface area (Å²) in [5.41, 5.74) is 6.50. The summed E-state index contributed by atoms with van der Waals surface area (Å²) in [4.78, 5) is 14.2. The lowest BCUT2D eigenvalue weighted by molar-refractivity contribution is -0.174. The Kier molecular flexibility index (Phi) is 3.53. The average Bonchev–Trinajstić information content (AvgIpc) is 2.85. The van der Waals surface area contributed by atoms with Crippen molar-refractivity contribution in [1.29, 1.82) is 0 Å². The second-order valence-electron chi connectivity index (χ2n) is 4.15. The highest BCUT2D eigenvalue weighted by molar-refractivity contribution is 5.82. The second kappa shape index (κ2) is 4.97. The van der Waals surface area contributed by atoms with E-state index >= 15 is 0 Å². The number of nitrogens with two attached hydrogens (primary N) is 1. The molecule has 6 heteroatoms. The first-order valence-corrected chi connectivity index (χ1v) is 5.84. The Labute approximate surface area is 108 Å². The molecule has 102 valence electrons. The zero-order valence-corrected chi connectivity index (χ0v) is 10.3. The number of alkyl halides is 2. The molecular weight excluding hydrogens is 254 g/mol. The van der Waals surface area contributed by atoms with Crippen LogP contribution in [0.3, 0.4) is 0 Å². The Morgan fingerprint density at radius 3 is 2.89 bits per heavy atom. The largest absolute Gasteiger partial charge is 0.462 e. The highest BCUT2D eigenvalue weighted by atomic mass is 19.3. The molecule has 0 radical (unpaired) electrons. The van der Waals surface area contributed by atoms with Gasteiger partial charge in [-0.05, 0) is 36.1 Å². The summed E-state index contributed by atoms with van der Waals surface area (Å²) in [6, 6.07) is 4.66. The van der Waals surface area contributed by atoms with E-state index in [1.807, 2.05) is 0 Å². The number of ether oxygens (including phenoxy) is 1. The van der Waals surface area contributed by atoms with Crippen LogP contribution in [0.5, 0.6) is 0 Å². The molecule has 1 heterocycles. The van der Waals surface area contributed by atoms with Gasteiger partial charge in [0.25, 0.3) is 0 Å². The number of fused-ring (bicyclic) bond motifs is 1. The highest BCUT2D eigenvalue weighted by Crippen LogP contribution is 2.31. The number of H-pyrrole nitrogens is 1. The zero-order chi connectivity index (χ0) is 14.0. The summed E-state index contributed by atoms with van der Waals surface area (Å²) in [5.74, 6) is -5.35. The highest BCUT2D eigenvalue weighted by Gasteiger charge is 2.47. The summed E-state index contributed by atoms with van der Waals surface area (Å²) in [5, 5.41) is 0.757. The smallest absolute Gasteiger partial charge is 0.379 e. The summed E-state index contributed by atoms with van der Waals surface area (Å²) in [6.45, 7) is 1.35. The van der Waals surface area contributed by atoms with Gasteiger partial charge < -0.3 is 15.5 Å². The first kappa shape index (κ1) is 13.5. The quantitative estimate of drug-likeness (QED) is 0.836. The van der Waals surface area contributed by atoms with Gasteiger partial charge in [0.1, 0.15) is 6.04 Å². The van der Waals surface area contributed by atoms with E-state index in [0.29, 0.717) is 0 Å². The molecule has 2 aromatic rings. The van der Waals surface area contributed by atoms with Crippen LogP contribution in [-0.2, 0) is 9.53 Å². The molecule has 1 aromatic carbocycles. The van der Waals surface area contributed by atoms with Crippen molar-refractivity contribution in [3.05, 3.63) is 36.0 Å². The molecule has 0 unspecified atom stereocenters. The minimum atomic E-state index is -3.75. The fourth-order valence-electron chi connectivity index (χ4n) is 1.83. The molecule has 0 spiro atoms. The summed E-state index contributed by atoms with van der Waals surface area (Å²) in [6.07, 6.45) is 1.70. The Balaban J connectivity index is 2.31. The van der Waals surface area contributed by atoms with Gasteiger partial charge >= 0.3 is 11.9 Å². The summed E-state index contributed by atoms with van der Waals surface area (Å²) < 4.78 is 32.0. The third-order valence-corrected chi connectivity index (χ3v) is 2.87.